The van der Waals surface area contributed by atoms with E-state index in [1.165, 1.54) is 0 Å². The highest BCUT2D eigenvalue weighted by atomic mass is 19.1. The maximum absolute atomic E-state index is 11.8. The van der Waals surface area contributed by atoms with Gasteiger partial charge in [0, 0.05) is 6.42 Å². The topological polar surface area (TPSA) is 55.2 Å². The second kappa shape index (κ2) is 5.69. The zero-order valence-corrected chi connectivity index (χ0v) is 6.96. The Morgan fingerprint density at radius 2 is 1.58 bits per heavy atom. The minimum absolute atomic E-state index is 0. The lowest BCUT2D eigenvalue weighted by molar-refractivity contribution is 0.282. The van der Waals surface area contributed by atoms with Crippen LogP contribution in [0, 0.1) is 0 Å². The average Bonchev–Trinajstić information content (AvgIpc) is 2.07. The molecule has 0 amide bonds. The maximum atomic E-state index is 11.8. The van der Waals surface area contributed by atoms with Crippen molar-refractivity contribution in [2.45, 2.75) is 13.0 Å². The second-order valence-corrected chi connectivity index (χ2v) is 2.41. The van der Waals surface area contributed by atoms with Crippen LogP contribution in [-0.2, 0) is 13.0 Å². The molecule has 0 saturated heterocycles. The first-order chi connectivity index (χ1) is 5.36. The molecule has 0 aliphatic rings. The fraction of sp³-hybridized carbons (Fsp3) is 0.333. The predicted molar refractivity (Wildman–Crippen MR) is 47.1 cm³/mol. The number of aliphatic hydroxyl groups excluding tert-OH is 1. The van der Waals surface area contributed by atoms with Crippen LogP contribution in [0.5, 0.6) is 0 Å². The van der Waals surface area contributed by atoms with Crippen molar-refractivity contribution in [2.24, 2.45) is 0 Å². The van der Waals surface area contributed by atoms with Gasteiger partial charge in [-0.25, -0.2) is 0 Å². The molecule has 0 bridgehead atoms. The molecule has 12 heavy (non-hydrogen) atoms. The van der Waals surface area contributed by atoms with Gasteiger partial charge < -0.3 is 11.3 Å². The van der Waals surface area contributed by atoms with E-state index in [1.54, 1.807) is 0 Å². The van der Waals surface area contributed by atoms with E-state index in [1.807, 2.05) is 24.3 Å². The van der Waals surface area contributed by atoms with E-state index in [2.05, 4.69) is 0 Å². The van der Waals surface area contributed by atoms with E-state index >= 15 is 0 Å². The monoisotopic (exact) mass is 171 g/mol. The lowest BCUT2D eigenvalue weighted by Gasteiger charge is -1.98. The van der Waals surface area contributed by atoms with Crippen LogP contribution in [0.15, 0.2) is 24.3 Å². The molecule has 0 heterocycles. The Morgan fingerprint density at radius 1 is 1.08 bits per heavy atom. The van der Waals surface area contributed by atoms with Crippen molar-refractivity contribution in [3.63, 3.8) is 0 Å². The largest absolute Gasteiger partial charge is 0.392 e. The smallest absolute Gasteiger partial charge is 0.0934 e. The molecule has 1 aromatic carbocycles. The lowest BCUT2D eigenvalue weighted by Crippen LogP contribution is -1.88. The lowest BCUT2D eigenvalue weighted by atomic mass is 10.1. The highest BCUT2D eigenvalue weighted by Gasteiger charge is 1.92. The van der Waals surface area contributed by atoms with E-state index < -0.39 is 0 Å². The van der Waals surface area contributed by atoms with Crippen molar-refractivity contribution in [1.29, 1.82) is 0 Å². The predicted octanol–water partition coefficient (Wildman–Crippen LogP) is 1.85. The summed E-state index contributed by atoms with van der Waals surface area (Å²) in [5.74, 6) is 0. The van der Waals surface area contributed by atoms with Gasteiger partial charge in [0.2, 0.25) is 0 Å². The van der Waals surface area contributed by atoms with E-state index in [-0.39, 0.29) is 19.4 Å². The molecular weight excluding hydrogens is 157 g/mol. The number of hydrogen-bond donors (Lipinski definition) is 2. The molecule has 3 heteroatoms. The molecule has 0 radical (unpaired) electrons. The first-order valence-corrected chi connectivity index (χ1v) is 3.61. The van der Waals surface area contributed by atoms with E-state index in [0.717, 1.165) is 11.1 Å². The number of aliphatic hydroxyl groups is 1. The van der Waals surface area contributed by atoms with Gasteiger partial charge in [-0.1, -0.05) is 24.3 Å². The Balaban J connectivity index is 0.00000121. The van der Waals surface area contributed by atoms with Crippen LogP contribution in [0.4, 0.5) is 4.39 Å². The van der Waals surface area contributed by atoms with Crippen LogP contribution >= 0.6 is 0 Å². The van der Waals surface area contributed by atoms with Crippen LogP contribution in [0.25, 0.3) is 0 Å². The summed E-state index contributed by atoms with van der Waals surface area (Å²) in [7, 11) is 0. The molecule has 0 unspecified atom stereocenters. The van der Waals surface area contributed by atoms with E-state index in [9.17, 15) is 4.39 Å². The first-order valence-electron chi connectivity index (χ1n) is 3.61. The van der Waals surface area contributed by atoms with Gasteiger partial charge in [0.1, 0.15) is 0 Å². The van der Waals surface area contributed by atoms with Gasteiger partial charge in [-0.05, 0) is 11.1 Å². The number of aryl methyl sites for hydroxylation is 1. The van der Waals surface area contributed by atoms with Crippen LogP contribution < -0.4 is 6.15 Å². The summed E-state index contributed by atoms with van der Waals surface area (Å²) in [6.07, 6.45) is 0.464. The Kier molecular flexibility index (Phi) is 5.25. The summed E-state index contributed by atoms with van der Waals surface area (Å²) in [6.45, 7) is -0.269. The fourth-order valence-electron chi connectivity index (χ4n) is 0.920. The average molecular weight is 171 g/mol. The Bertz CT molecular complexity index is 210. The minimum Gasteiger partial charge on any atom is -0.392 e. The van der Waals surface area contributed by atoms with Gasteiger partial charge in [-0.15, -0.1) is 0 Å². The first kappa shape index (κ1) is 11.1. The minimum atomic E-state index is -0.321. The molecule has 4 N–H and O–H groups in total. The second-order valence-electron chi connectivity index (χ2n) is 2.41. The number of benzene rings is 1. The van der Waals surface area contributed by atoms with E-state index in [0.29, 0.717) is 6.42 Å². The molecule has 0 fully saturated rings. The number of rotatable bonds is 3. The van der Waals surface area contributed by atoms with Crippen molar-refractivity contribution >= 4 is 0 Å². The normalized spacial score (nSPS) is 9.17. The summed E-state index contributed by atoms with van der Waals surface area (Å²) in [5.41, 5.74) is 1.84. The number of hydrogen-bond acceptors (Lipinski definition) is 2. The molecule has 0 spiro atoms. The van der Waals surface area contributed by atoms with Crippen LogP contribution in [-0.4, -0.2) is 11.8 Å². The molecule has 68 valence electrons. The van der Waals surface area contributed by atoms with Crippen molar-refractivity contribution in [3.8, 4) is 0 Å². The fourth-order valence-corrected chi connectivity index (χ4v) is 0.920. The third-order valence-corrected chi connectivity index (χ3v) is 1.59. The van der Waals surface area contributed by atoms with Crippen LogP contribution in [0.1, 0.15) is 11.1 Å². The van der Waals surface area contributed by atoms with Crippen molar-refractivity contribution in [1.82, 2.24) is 6.15 Å². The molecular formula is C9H14FNO. The van der Waals surface area contributed by atoms with Gasteiger partial charge in [0.05, 0.1) is 13.3 Å². The molecule has 2 nitrogen and oxygen atoms in total. The highest BCUT2D eigenvalue weighted by molar-refractivity contribution is 5.21. The summed E-state index contributed by atoms with van der Waals surface area (Å²) in [4.78, 5) is 0. The van der Waals surface area contributed by atoms with Gasteiger partial charge in [-0.2, -0.15) is 0 Å². The summed E-state index contributed by atoms with van der Waals surface area (Å²) >= 11 is 0. The Labute approximate surface area is 71.6 Å². The Morgan fingerprint density at radius 3 is 2.00 bits per heavy atom. The number of halogens is 1. The molecule has 0 atom stereocenters. The van der Waals surface area contributed by atoms with E-state index in [4.69, 9.17) is 5.11 Å². The summed E-state index contributed by atoms with van der Waals surface area (Å²) in [6, 6.07) is 7.30. The standard InChI is InChI=1S/C9H11FO.H3N/c10-6-5-8-1-3-9(7-11)4-2-8;/h1-4,11H,5-7H2;1H3. The SMILES string of the molecule is N.OCc1ccc(CCF)cc1. The van der Waals surface area contributed by atoms with Crippen molar-refractivity contribution < 1.29 is 9.50 Å². The molecule has 1 aromatic rings. The summed E-state index contributed by atoms with van der Waals surface area (Å²) < 4.78 is 11.8. The Hall–Kier alpha value is -0.930. The van der Waals surface area contributed by atoms with Crippen LogP contribution in [0.3, 0.4) is 0 Å². The third kappa shape index (κ3) is 2.98. The molecule has 0 saturated carbocycles. The van der Waals surface area contributed by atoms with Crippen molar-refractivity contribution in [2.75, 3.05) is 6.67 Å². The molecule has 0 aromatic heterocycles. The van der Waals surface area contributed by atoms with Gasteiger partial charge in [0.15, 0.2) is 0 Å². The molecule has 1 rings (SSSR count). The molecule has 0 aliphatic heterocycles. The molecule has 0 aliphatic carbocycles. The summed E-state index contributed by atoms with van der Waals surface area (Å²) in [5, 5.41) is 8.68. The zero-order chi connectivity index (χ0) is 8.10. The maximum Gasteiger partial charge on any atom is 0.0934 e. The van der Waals surface area contributed by atoms with Gasteiger partial charge in [0.25, 0.3) is 0 Å². The number of alkyl halides is 1. The van der Waals surface area contributed by atoms with Gasteiger partial charge in [-0.3, -0.25) is 4.39 Å². The van der Waals surface area contributed by atoms with Crippen molar-refractivity contribution in [3.05, 3.63) is 35.4 Å². The quantitative estimate of drug-likeness (QED) is 0.729. The van der Waals surface area contributed by atoms with Gasteiger partial charge >= 0.3 is 0 Å². The zero-order valence-electron chi connectivity index (χ0n) is 6.96. The highest BCUT2D eigenvalue weighted by Crippen LogP contribution is 2.04. The third-order valence-electron chi connectivity index (χ3n) is 1.59. The van der Waals surface area contributed by atoms with Crippen LogP contribution in [0.2, 0.25) is 0 Å².